The summed E-state index contributed by atoms with van der Waals surface area (Å²) in [6.07, 6.45) is 0. The van der Waals surface area contributed by atoms with Crippen LogP contribution >= 0.6 is 15.9 Å². The zero-order chi connectivity index (χ0) is 25.5. The van der Waals surface area contributed by atoms with Crippen LogP contribution in [0.2, 0.25) is 0 Å². The quantitative estimate of drug-likeness (QED) is 0.205. The van der Waals surface area contributed by atoms with Gasteiger partial charge in [0, 0.05) is 20.8 Å². The third-order valence-corrected chi connectivity index (χ3v) is 7.77. The Bertz CT molecular complexity index is 1910. The number of hydrogen-bond acceptors (Lipinski definition) is 0. The van der Waals surface area contributed by atoms with E-state index in [1.165, 1.54) is 60.9 Å². The molecule has 1 heterocycles. The van der Waals surface area contributed by atoms with E-state index in [2.05, 4.69) is 166 Å². The van der Waals surface area contributed by atoms with Crippen LogP contribution in [-0.2, 0) is 0 Å². The standard InChI is InChI=1S/C36H24BrN/c37-30-12-8-11-28(23-30)29-21-22-33-32-14-5-7-16-35(32)38(36(33)24-29)34-15-6-4-13-31(34)27-19-17-26(18-20-27)25-9-2-1-3-10-25/h1-24H. The van der Waals surface area contributed by atoms with Crippen molar-refractivity contribution < 1.29 is 0 Å². The molecule has 6 aromatic carbocycles. The van der Waals surface area contributed by atoms with Crippen molar-refractivity contribution in [2.24, 2.45) is 0 Å². The van der Waals surface area contributed by atoms with Gasteiger partial charge < -0.3 is 4.57 Å². The molecule has 0 aliphatic carbocycles. The molecule has 0 unspecified atom stereocenters. The SMILES string of the molecule is Brc1cccc(-c2ccc3c4ccccc4n(-c4ccccc4-c4ccc(-c5ccccc5)cc4)c3c2)c1. The molecule has 0 saturated carbocycles. The number of fused-ring (bicyclic) bond motifs is 3. The molecule has 0 spiro atoms. The summed E-state index contributed by atoms with van der Waals surface area (Å²) in [5.74, 6) is 0. The number of halogens is 1. The van der Waals surface area contributed by atoms with Crippen LogP contribution in [0.1, 0.15) is 0 Å². The zero-order valence-electron chi connectivity index (χ0n) is 20.7. The van der Waals surface area contributed by atoms with Gasteiger partial charge in [-0.15, -0.1) is 0 Å². The lowest BCUT2D eigenvalue weighted by Gasteiger charge is -2.15. The molecule has 0 bridgehead atoms. The summed E-state index contributed by atoms with van der Waals surface area (Å²) in [5, 5.41) is 2.52. The van der Waals surface area contributed by atoms with Crippen molar-refractivity contribution in [3.8, 4) is 39.1 Å². The van der Waals surface area contributed by atoms with Crippen LogP contribution in [0.15, 0.2) is 150 Å². The summed E-state index contributed by atoms with van der Waals surface area (Å²) >= 11 is 3.64. The lowest BCUT2D eigenvalue weighted by molar-refractivity contribution is 1.18. The van der Waals surface area contributed by atoms with Gasteiger partial charge in [0.05, 0.1) is 16.7 Å². The highest BCUT2D eigenvalue weighted by Crippen LogP contribution is 2.38. The minimum atomic E-state index is 1.08. The van der Waals surface area contributed by atoms with E-state index in [0.717, 1.165) is 4.47 Å². The maximum atomic E-state index is 3.64. The molecule has 1 nitrogen and oxygen atoms in total. The van der Waals surface area contributed by atoms with Gasteiger partial charge in [-0.3, -0.25) is 0 Å². The first-order valence-electron chi connectivity index (χ1n) is 12.8. The highest BCUT2D eigenvalue weighted by atomic mass is 79.9. The highest BCUT2D eigenvalue weighted by Gasteiger charge is 2.16. The average molecular weight is 550 g/mol. The number of rotatable bonds is 4. The number of hydrogen-bond donors (Lipinski definition) is 0. The molecule has 0 saturated heterocycles. The fourth-order valence-corrected chi connectivity index (χ4v) is 5.86. The molecular formula is C36H24BrN. The predicted molar refractivity (Wildman–Crippen MR) is 165 cm³/mol. The maximum absolute atomic E-state index is 3.64. The second-order valence-corrected chi connectivity index (χ2v) is 10.5. The topological polar surface area (TPSA) is 4.93 Å². The molecular weight excluding hydrogens is 526 g/mol. The van der Waals surface area contributed by atoms with E-state index in [1.807, 2.05) is 0 Å². The van der Waals surface area contributed by atoms with E-state index in [4.69, 9.17) is 0 Å². The Balaban J connectivity index is 1.44. The summed E-state index contributed by atoms with van der Waals surface area (Å²) < 4.78 is 3.51. The van der Waals surface area contributed by atoms with Crippen molar-refractivity contribution >= 4 is 37.7 Å². The van der Waals surface area contributed by atoms with Crippen LogP contribution in [0.4, 0.5) is 0 Å². The summed E-state index contributed by atoms with van der Waals surface area (Å²) in [4.78, 5) is 0. The number of benzene rings is 6. The van der Waals surface area contributed by atoms with Gasteiger partial charge in [0.25, 0.3) is 0 Å². The molecule has 0 N–H and O–H groups in total. The zero-order valence-corrected chi connectivity index (χ0v) is 22.3. The van der Waals surface area contributed by atoms with Crippen LogP contribution < -0.4 is 0 Å². The number of para-hydroxylation sites is 2. The molecule has 1 aromatic heterocycles. The van der Waals surface area contributed by atoms with Crippen LogP contribution in [0.5, 0.6) is 0 Å². The lowest BCUT2D eigenvalue weighted by atomic mass is 9.99. The van der Waals surface area contributed by atoms with Gasteiger partial charge in [-0.25, -0.2) is 0 Å². The van der Waals surface area contributed by atoms with Crippen molar-refractivity contribution in [3.63, 3.8) is 0 Å². The van der Waals surface area contributed by atoms with Gasteiger partial charge in [0.1, 0.15) is 0 Å². The summed E-state index contributed by atoms with van der Waals surface area (Å²) in [6, 6.07) is 52.2. The second-order valence-electron chi connectivity index (χ2n) is 9.56. The van der Waals surface area contributed by atoms with E-state index in [9.17, 15) is 0 Å². The minimum absolute atomic E-state index is 1.08. The third kappa shape index (κ3) is 3.95. The first-order chi connectivity index (χ1) is 18.8. The summed E-state index contributed by atoms with van der Waals surface area (Å²) in [5.41, 5.74) is 10.9. The lowest BCUT2D eigenvalue weighted by Crippen LogP contribution is -1.97. The Morgan fingerprint density at radius 1 is 0.395 bits per heavy atom. The van der Waals surface area contributed by atoms with Gasteiger partial charge in [0.2, 0.25) is 0 Å². The van der Waals surface area contributed by atoms with Crippen molar-refractivity contribution in [2.45, 2.75) is 0 Å². The first kappa shape index (κ1) is 22.8. The van der Waals surface area contributed by atoms with E-state index >= 15 is 0 Å². The Hall–Kier alpha value is -4.40. The molecule has 0 aliphatic rings. The van der Waals surface area contributed by atoms with Crippen molar-refractivity contribution in [1.82, 2.24) is 4.57 Å². The van der Waals surface area contributed by atoms with E-state index in [-0.39, 0.29) is 0 Å². The number of aromatic nitrogens is 1. The van der Waals surface area contributed by atoms with Gasteiger partial charge in [-0.1, -0.05) is 131 Å². The van der Waals surface area contributed by atoms with Crippen LogP contribution in [0, 0.1) is 0 Å². The van der Waals surface area contributed by atoms with Gasteiger partial charge >= 0.3 is 0 Å². The van der Waals surface area contributed by atoms with Gasteiger partial charge in [0.15, 0.2) is 0 Å². The largest absolute Gasteiger partial charge is 0.309 e. The molecule has 180 valence electrons. The molecule has 7 aromatic rings. The summed E-state index contributed by atoms with van der Waals surface area (Å²) in [6.45, 7) is 0. The van der Waals surface area contributed by atoms with E-state index < -0.39 is 0 Å². The van der Waals surface area contributed by atoms with Gasteiger partial charge in [-0.05, 0) is 58.1 Å². The molecule has 0 atom stereocenters. The van der Waals surface area contributed by atoms with E-state index in [1.54, 1.807) is 0 Å². The maximum Gasteiger partial charge on any atom is 0.0547 e. The summed E-state index contributed by atoms with van der Waals surface area (Å²) in [7, 11) is 0. The fraction of sp³-hybridized carbons (Fsp3) is 0. The Morgan fingerprint density at radius 3 is 1.84 bits per heavy atom. The van der Waals surface area contributed by atoms with Crippen LogP contribution in [-0.4, -0.2) is 4.57 Å². The van der Waals surface area contributed by atoms with Crippen LogP contribution in [0.25, 0.3) is 60.9 Å². The van der Waals surface area contributed by atoms with Crippen LogP contribution in [0.3, 0.4) is 0 Å². The Morgan fingerprint density at radius 2 is 1.00 bits per heavy atom. The fourth-order valence-electron chi connectivity index (χ4n) is 5.46. The molecule has 0 amide bonds. The molecule has 2 heteroatoms. The Kier molecular flexibility index (Phi) is 5.68. The highest BCUT2D eigenvalue weighted by molar-refractivity contribution is 9.10. The normalized spacial score (nSPS) is 11.3. The molecule has 0 aliphatic heterocycles. The average Bonchev–Trinajstić information content (AvgIpc) is 3.31. The minimum Gasteiger partial charge on any atom is -0.309 e. The molecule has 0 radical (unpaired) electrons. The van der Waals surface area contributed by atoms with Crippen molar-refractivity contribution in [3.05, 3.63) is 150 Å². The van der Waals surface area contributed by atoms with Gasteiger partial charge in [-0.2, -0.15) is 0 Å². The first-order valence-corrected chi connectivity index (χ1v) is 13.6. The molecule has 38 heavy (non-hydrogen) atoms. The second kappa shape index (κ2) is 9.48. The predicted octanol–water partition coefficient (Wildman–Crippen LogP) is 10.5. The Labute approximate surface area is 230 Å². The number of nitrogens with zero attached hydrogens (tertiary/aromatic N) is 1. The molecule has 7 rings (SSSR count). The van der Waals surface area contributed by atoms with E-state index in [0.29, 0.717) is 0 Å². The monoisotopic (exact) mass is 549 g/mol. The smallest absolute Gasteiger partial charge is 0.0547 e. The van der Waals surface area contributed by atoms with Crippen molar-refractivity contribution in [1.29, 1.82) is 0 Å². The molecule has 0 fully saturated rings. The third-order valence-electron chi connectivity index (χ3n) is 7.28. The van der Waals surface area contributed by atoms with Crippen molar-refractivity contribution in [2.75, 3.05) is 0 Å².